The maximum Gasteiger partial charge on any atom is 0.132 e. The highest BCUT2D eigenvalue weighted by Crippen LogP contribution is 2.46. The van der Waals surface area contributed by atoms with Gasteiger partial charge in [-0.1, -0.05) is 29.4 Å². The topological polar surface area (TPSA) is 68.2 Å². The molecular formula is C27H34O5. The molecule has 172 valence electrons. The van der Waals surface area contributed by atoms with E-state index < -0.39 is 0 Å². The number of allylic oxidation sites excluding steroid dienone is 4. The molecule has 2 aromatic carbocycles. The van der Waals surface area contributed by atoms with Crippen LogP contribution < -0.4 is 14.2 Å². The van der Waals surface area contributed by atoms with Crippen molar-refractivity contribution in [3.05, 3.63) is 63.8 Å². The van der Waals surface area contributed by atoms with Gasteiger partial charge in [0.1, 0.15) is 28.7 Å². The Hall–Kier alpha value is -3.08. The Morgan fingerprint density at radius 2 is 1.66 bits per heavy atom. The minimum absolute atomic E-state index is 0.0628. The Kier molecular flexibility index (Phi) is 7.39. The van der Waals surface area contributed by atoms with Gasteiger partial charge in [0.25, 0.3) is 0 Å². The van der Waals surface area contributed by atoms with Crippen LogP contribution in [0.4, 0.5) is 0 Å². The number of methoxy groups -OCH3 is 2. The number of phenols is 2. The number of fused-ring (bicyclic) bond motifs is 1. The number of rotatable bonds is 7. The molecule has 0 fully saturated rings. The van der Waals surface area contributed by atoms with Crippen molar-refractivity contribution in [2.75, 3.05) is 20.8 Å². The van der Waals surface area contributed by atoms with Gasteiger partial charge in [0.05, 0.1) is 20.8 Å². The summed E-state index contributed by atoms with van der Waals surface area (Å²) in [4.78, 5) is 0. The summed E-state index contributed by atoms with van der Waals surface area (Å²) in [6, 6.07) is 5.37. The molecule has 0 amide bonds. The van der Waals surface area contributed by atoms with Crippen molar-refractivity contribution >= 4 is 0 Å². The van der Waals surface area contributed by atoms with Gasteiger partial charge in [-0.15, -0.1) is 0 Å². The smallest absolute Gasteiger partial charge is 0.132 e. The molecule has 1 aliphatic heterocycles. The van der Waals surface area contributed by atoms with Crippen LogP contribution in [0.5, 0.6) is 28.7 Å². The van der Waals surface area contributed by atoms with Crippen molar-refractivity contribution in [2.45, 2.75) is 52.9 Å². The van der Waals surface area contributed by atoms with Gasteiger partial charge in [-0.25, -0.2) is 0 Å². The fourth-order valence-corrected chi connectivity index (χ4v) is 4.13. The van der Waals surface area contributed by atoms with E-state index in [0.29, 0.717) is 31.4 Å². The lowest BCUT2D eigenvalue weighted by Gasteiger charge is -2.29. The van der Waals surface area contributed by atoms with E-state index in [1.807, 2.05) is 26.0 Å². The first-order valence-corrected chi connectivity index (χ1v) is 11.0. The lowest BCUT2D eigenvalue weighted by molar-refractivity contribution is 0.252. The molecule has 32 heavy (non-hydrogen) atoms. The van der Waals surface area contributed by atoms with Gasteiger partial charge in [0.15, 0.2) is 0 Å². The molecule has 0 saturated heterocycles. The van der Waals surface area contributed by atoms with Gasteiger partial charge >= 0.3 is 0 Å². The molecule has 1 heterocycles. The molecule has 0 saturated carbocycles. The largest absolute Gasteiger partial charge is 0.508 e. The Labute approximate surface area is 191 Å². The first-order valence-electron chi connectivity index (χ1n) is 11.0. The molecule has 0 aliphatic carbocycles. The van der Waals surface area contributed by atoms with Crippen LogP contribution in [-0.4, -0.2) is 31.0 Å². The monoisotopic (exact) mass is 438 g/mol. The molecule has 5 heteroatoms. The average Bonchev–Trinajstić information content (AvgIpc) is 2.76. The summed E-state index contributed by atoms with van der Waals surface area (Å²) < 4.78 is 17.6. The molecule has 0 spiro atoms. The van der Waals surface area contributed by atoms with E-state index in [4.69, 9.17) is 14.2 Å². The highest BCUT2D eigenvalue weighted by molar-refractivity contribution is 5.60. The third-order valence-electron chi connectivity index (χ3n) is 5.88. The van der Waals surface area contributed by atoms with Crippen LogP contribution in [0.3, 0.4) is 0 Å². The minimum Gasteiger partial charge on any atom is -0.508 e. The van der Waals surface area contributed by atoms with Crippen molar-refractivity contribution in [2.24, 2.45) is 0 Å². The van der Waals surface area contributed by atoms with Gasteiger partial charge in [0, 0.05) is 34.2 Å². The summed E-state index contributed by atoms with van der Waals surface area (Å²) in [5.74, 6) is 2.44. The third-order valence-corrected chi connectivity index (χ3v) is 5.88. The summed E-state index contributed by atoms with van der Waals surface area (Å²) in [7, 11) is 3.32. The van der Waals surface area contributed by atoms with Crippen LogP contribution in [0.25, 0.3) is 0 Å². The van der Waals surface area contributed by atoms with E-state index >= 15 is 0 Å². The van der Waals surface area contributed by atoms with Gasteiger partial charge in [0.2, 0.25) is 0 Å². The Morgan fingerprint density at radius 1 is 1.00 bits per heavy atom. The summed E-state index contributed by atoms with van der Waals surface area (Å²) in [5, 5.41) is 21.3. The van der Waals surface area contributed by atoms with Crippen molar-refractivity contribution in [1.29, 1.82) is 0 Å². The lowest BCUT2D eigenvalue weighted by atomic mass is 9.86. The van der Waals surface area contributed by atoms with E-state index in [-0.39, 0.29) is 17.4 Å². The van der Waals surface area contributed by atoms with Crippen molar-refractivity contribution in [1.82, 2.24) is 0 Å². The fourth-order valence-electron chi connectivity index (χ4n) is 4.13. The van der Waals surface area contributed by atoms with Gasteiger partial charge in [-0.3, -0.25) is 0 Å². The first-order chi connectivity index (χ1) is 15.3. The van der Waals surface area contributed by atoms with Crippen LogP contribution in [-0.2, 0) is 19.3 Å². The van der Waals surface area contributed by atoms with E-state index in [1.165, 1.54) is 5.57 Å². The van der Waals surface area contributed by atoms with Gasteiger partial charge in [-0.2, -0.15) is 0 Å². The van der Waals surface area contributed by atoms with Crippen LogP contribution in [0, 0.1) is 0 Å². The molecule has 3 rings (SSSR count). The number of hydrogen-bond acceptors (Lipinski definition) is 5. The quantitative estimate of drug-likeness (QED) is 0.531. The standard InChI is InChI=1S/C27H34O5/c1-16(2)7-9-20-23(28)12-11-19(26(20)29)18-13-22-25(32-15-18)14-24(30-5)21(27(22)31-6)10-8-17(3)4/h7-8,11-12,14,18,28-29H,9-10,13,15H2,1-6H3. The van der Waals surface area contributed by atoms with E-state index in [0.717, 1.165) is 39.5 Å². The molecule has 0 aromatic heterocycles. The summed E-state index contributed by atoms with van der Waals surface area (Å²) in [6.45, 7) is 8.55. The zero-order valence-corrected chi connectivity index (χ0v) is 19.9. The SMILES string of the molecule is COc1cc2c(c(OC)c1CC=C(C)C)CC(c1ccc(O)c(CC=C(C)C)c1O)CO2. The molecule has 0 bridgehead atoms. The predicted octanol–water partition coefficient (Wildman–Crippen LogP) is 5.85. The highest BCUT2D eigenvalue weighted by Gasteiger charge is 2.30. The fraction of sp³-hybridized carbons (Fsp3) is 0.407. The Morgan fingerprint density at radius 3 is 2.25 bits per heavy atom. The van der Waals surface area contributed by atoms with Gasteiger partial charge in [-0.05, 0) is 53.0 Å². The van der Waals surface area contributed by atoms with E-state index in [1.54, 1.807) is 26.4 Å². The molecular weight excluding hydrogens is 404 g/mol. The zero-order chi connectivity index (χ0) is 23.4. The second kappa shape index (κ2) is 10.0. The van der Waals surface area contributed by atoms with Crippen LogP contribution in [0.15, 0.2) is 41.5 Å². The highest BCUT2D eigenvalue weighted by atomic mass is 16.5. The minimum atomic E-state index is -0.0628. The maximum atomic E-state index is 11.0. The molecule has 2 N–H and O–H groups in total. The summed E-state index contributed by atoms with van der Waals surface area (Å²) in [6.07, 6.45) is 5.98. The Balaban J connectivity index is 2.03. The summed E-state index contributed by atoms with van der Waals surface area (Å²) in [5.41, 5.74) is 5.62. The second-order valence-corrected chi connectivity index (χ2v) is 8.75. The number of aromatic hydroxyl groups is 2. The van der Waals surface area contributed by atoms with Crippen molar-refractivity contribution in [3.63, 3.8) is 0 Å². The second-order valence-electron chi connectivity index (χ2n) is 8.75. The van der Waals surface area contributed by atoms with Crippen LogP contribution in [0.2, 0.25) is 0 Å². The number of hydrogen-bond donors (Lipinski definition) is 2. The van der Waals surface area contributed by atoms with Gasteiger partial charge < -0.3 is 24.4 Å². The molecule has 1 aliphatic rings. The molecule has 1 atom stereocenters. The first kappa shape index (κ1) is 23.6. The normalized spacial score (nSPS) is 14.8. The molecule has 2 aromatic rings. The predicted molar refractivity (Wildman–Crippen MR) is 128 cm³/mol. The third kappa shape index (κ3) is 4.87. The Bertz CT molecular complexity index is 1040. The van der Waals surface area contributed by atoms with Crippen LogP contribution >= 0.6 is 0 Å². The lowest BCUT2D eigenvalue weighted by Crippen LogP contribution is -2.21. The zero-order valence-electron chi connectivity index (χ0n) is 19.9. The maximum absolute atomic E-state index is 11.0. The average molecular weight is 439 g/mol. The molecule has 0 radical (unpaired) electrons. The molecule has 5 nitrogen and oxygen atoms in total. The van der Waals surface area contributed by atoms with Crippen LogP contribution in [0.1, 0.15) is 55.9 Å². The number of phenolic OH excluding ortho intramolecular Hbond substituents is 2. The number of benzene rings is 2. The van der Waals surface area contributed by atoms with Crippen molar-refractivity contribution in [3.8, 4) is 28.7 Å². The van der Waals surface area contributed by atoms with E-state index in [2.05, 4.69) is 19.9 Å². The molecule has 1 unspecified atom stereocenters. The van der Waals surface area contributed by atoms with E-state index in [9.17, 15) is 10.2 Å². The van der Waals surface area contributed by atoms with Crippen molar-refractivity contribution < 1.29 is 24.4 Å². The number of ether oxygens (including phenoxy) is 3. The summed E-state index contributed by atoms with van der Waals surface area (Å²) >= 11 is 0.